The molecule has 5 nitrogen and oxygen atoms in total. The highest BCUT2D eigenvalue weighted by Crippen LogP contribution is 2.18. The lowest BCUT2D eigenvalue weighted by Crippen LogP contribution is -2.22. The van der Waals surface area contributed by atoms with Crippen molar-refractivity contribution >= 4 is 38.6 Å². The summed E-state index contributed by atoms with van der Waals surface area (Å²) in [7, 11) is -0.598. The SMILES string of the molecule is CN(C)S(=O)(=O)c1ccc(C(=O)Oc2cccc(I)c2)cc1. The van der Waals surface area contributed by atoms with Crippen LogP contribution < -0.4 is 4.74 Å². The first kappa shape index (κ1) is 16.9. The molecule has 0 saturated heterocycles. The molecule has 0 aliphatic carbocycles. The van der Waals surface area contributed by atoms with E-state index in [-0.39, 0.29) is 10.5 Å². The molecule has 2 aromatic carbocycles. The van der Waals surface area contributed by atoms with Gasteiger partial charge in [0.15, 0.2) is 0 Å². The molecule has 22 heavy (non-hydrogen) atoms. The summed E-state index contributed by atoms with van der Waals surface area (Å²) in [5, 5.41) is 0. The maximum absolute atomic E-state index is 12.0. The average molecular weight is 431 g/mol. The van der Waals surface area contributed by atoms with Crippen LogP contribution >= 0.6 is 22.6 Å². The summed E-state index contributed by atoms with van der Waals surface area (Å²) >= 11 is 2.12. The first-order valence-electron chi connectivity index (χ1n) is 6.31. The third-order valence-electron chi connectivity index (χ3n) is 2.88. The normalized spacial score (nSPS) is 11.5. The van der Waals surface area contributed by atoms with E-state index in [0.717, 1.165) is 7.88 Å². The van der Waals surface area contributed by atoms with Crippen molar-refractivity contribution in [2.75, 3.05) is 14.1 Å². The van der Waals surface area contributed by atoms with E-state index in [4.69, 9.17) is 4.74 Å². The van der Waals surface area contributed by atoms with Gasteiger partial charge < -0.3 is 4.74 Å². The minimum absolute atomic E-state index is 0.128. The van der Waals surface area contributed by atoms with Crippen molar-refractivity contribution in [2.24, 2.45) is 0 Å². The molecule has 116 valence electrons. The van der Waals surface area contributed by atoms with Crippen LogP contribution in [0.25, 0.3) is 0 Å². The number of hydrogen-bond donors (Lipinski definition) is 0. The second kappa shape index (κ2) is 6.76. The van der Waals surface area contributed by atoms with Crippen LogP contribution in [0.3, 0.4) is 0 Å². The van der Waals surface area contributed by atoms with Gasteiger partial charge in [0.05, 0.1) is 10.5 Å². The zero-order valence-corrected chi connectivity index (χ0v) is 15.0. The monoisotopic (exact) mass is 431 g/mol. The van der Waals surface area contributed by atoms with Crippen LogP contribution in [0.15, 0.2) is 53.4 Å². The number of carbonyl (C=O) groups excluding carboxylic acids is 1. The van der Waals surface area contributed by atoms with Crippen LogP contribution in [-0.4, -0.2) is 32.8 Å². The topological polar surface area (TPSA) is 63.7 Å². The van der Waals surface area contributed by atoms with Crippen LogP contribution in [0, 0.1) is 3.57 Å². The summed E-state index contributed by atoms with van der Waals surface area (Å²) < 4.78 is 31.2. The molecule has 0 atom stereocenters. The molecule has 2 aromatic rings. The molecule has 0 amide bonds. The van der Waals surface area contributed by atoms with Gasteiger partial charge in [-0.05, 0) is 65.1 Å². The van der Waals surface area contributed by atoms with Crippen LogP contribution in [0.2, 0.25) is 0 Å². The molecular formula is C15H14INO4S. The Labute approximate surface area is 143 Å². The molecule has 0 bridgehead atoms. The highest BCUT2D eigenvalue weighted by molar-refractivity contribution is 14.1. The zero-order chi connectivity index (χ0) is 16.3. The lowest BCUT2D eigenvalue weighted by Gasteiger charge is -2.11. The zero-order valence-electron chi connectivity index (χ0n) is 12.0. The van der Waals surface area contributed by atoms with Crippen LogP contribution in [0.5, 0.6) is 5.75 Å². The minimum atomic E-state index is -3.50. The number of benzene rings is 2. The molecule has 0 fully saturated rings. The van der Waals surface area contributed by atoms with Crippen LogP contribution in [0.4, 0.5) is 0 Å². The van der Waals surface area contributed by atoms with E-state index in [9.17, 15) is 13.2 Å². The number of esters is 1. The molecule has 0 heterocycles. The number of rotatable bonds is 4. The summed E-state index contributed by atoms with van der Waals surface area (Å²) in [5.41, 5.74) is 0.288. The Balaban J connectivity index is 2.19. The van der Waals surface area contributed by atoms with Crippen LogP contribution in [0.1, 0.15) is 10.4 Å². The Hall–Kier alpha value is -1.45. The molecule has 0 spiro atoms. The second-order valence-corrected chi connectivity index (χ2v) is 8.06. The van der Waals surface area contributed by atoms with Gasteiger partial charge in [-0.15, -0.1) is 0 Å². The van der Waals surface area contributed by atoms with Gasteiger partial charge in [-0.3, -0.25) is 0 Å². The van der Waals surface area contributed by atoms with Crippen LogP contribution in [-0.2, 0) is 10.0 Å². The highest BCUT2D eigenvalue weighted by atomic mass is 127. The van der Waals surface area contributed by atoms with Crippen molar-refractivity contribution in [3.63, 3.8) is 0 Å². The van der Waals surface area contributed by atoms with Gasteiger partial charge in [-0.2, -0.15) is 0 Å². The first-order valence-corrected chi connectivity index (χ1v) is 8.83. The summed E-state index contributed by atoms with van der Waals surface area (Å²) in [6, 6.07) is 12.8. The number of nitrogens with zero attached hydrogens (tertiary/aromatic N) is 1. The van der Waals surface area contributed by atoms with Gasteiger partial charge in [-0.25, -0.2) is 17.5 Å². The maximum Gasteiger partial charge on any atom is 0.343 e. The van der Waals surface area contributed by atoms with Gasteiger partial charge in [0, 0.05) is 17.7 Å². The summed E-state index contributed by atoms with van der Waals surface area (Å²) in [5.74, 6) is -0.0855. The molecule has 0 aliphatic rings. The Morgan fingerprint density at radius 2 is 1.73 bits per heavy atom. The number of sulfonamides is 1. The number of hydrogen-bond acceptors (Lipinski definition) is 4. The molecule has 0 radical (unpaired) electrons. The fraction of sp³-hybridized carbons (Fsp3) is 0.133. The molecule has 0 aromatic heterocycles. The van der Waals surface area contributed by atoms with Gasteiger partial charge in [0.25, 0.3) is 0 Å². The van der Waals surface area contributed by atoms with Crippen molar-refractivity contribution in [1.29, 1.82) is 0 Å². The van der Waals surface area contributed by atoms with Crippen molar-refractivity contribution in [2.45, 2.75) is 4.90 Å². The molecule has 0 saturated carbocycles. The number of ether oxygens (including phenoxy) is 1. The molecule has 0 unspecified atom stereocenters. The first-order chi connectivity index (χ1) is 10.3. The lowest BCUT2D eigenvalue weighted by molar-refractivity contribution is 0.0734. The summed E-state index contributed by atoms with van der Waals surface area (Å²) in [6.07, 6.45) is 0. The quantitative estimate of drug-likeness (QED) is 0.425. The van der Waals surface area contributed by atoms with Crippen molar-refractivity contribution < 1.29 is 17.9 Å². The molecule has 0 N–H and O–H groups in total. The fourth-order valence-electron chi connectivity index (χ4n) is 1.67. The van der Waals surface area contributed by atoms with Gasteiger partial charge in [0.2, 0.25) is 10.0 Å². The summed E-state index contributed by atoms with van der Waals surface area (Å²) in [4.78, 5) is 12.2. The molecule has 7 heteroatoms. The average Bonchev–Trinajstić information content (AvgIpc) is 2.47. The molecular weight excluding hydrogens is 417 g/mol. The molecule has 2 rings (SSSR count). The van der Waals surface area contributed by atoms with Gasteiger partial charge >= 0.3 is 5.97 Å². The fourth-order valence-corrected chi connectivity index (χ4v) is 3.09. The predicted octanol–water partition coefficient (Wildman–Crippen LogP) is 2.76. The molecule has 0 aliphatic heterocycles. The van der Waals surface area contributed by atoms with E-state index in [1.807, 2.05) is 6.07 Å². The smallest absolute Gasteiger partial charge is 0.343 e. The third kappa shape index (κ3) is 3.84. The predicted molar refractivity (Wildman–Crippen MR) is 91.4 cm³/mol. The van der Waals surface area contributed by atoms with E-state index >= 15 is 0 Å². The van der Waals surface area contributed by atoms with E-state index in [0.29, 0.717) is 5.75 Å². The largest absolute Gasteiger partial charge is 0.423 e. The Morgan fingerprint density at radius 1 is 1.09 bits per heavy atom. The Kier molecular flexibility index (Phi) is 5.20. The van der Waals surface area contributed by atoms with E-state index in [2.05, 4.69) is 22.6 Å². The second-order valence-electron chi connectivity index (χ2n) is 4.66. The highest BCUT2D eigenvalue weighted by Gasteiger charge is 2.18. The van der Waals surface area contributed by atoms with Crippen molar-refractivity contribution in [1.82, 2.24) is 4.31 Å². The number of carbonyl (C=O) groups is 1. The van der Waals surface area contributed by atoms with Crippen molar-refractivity contribution in [3.8, 4) is 5.75 Å². The van der Waals surface area contributed by atoms with E-state index in [1.54, 1.807) is 18.2 Å². The summed E-state index contributed by atoms with van der Waals surface area (Å²) in [6.45, 7) is 0. The minimum Gasteiger partial charge on any atom is -0.423 e. The van der Waals surface area contributed by atoms with Gasteiger partial charge in [0.1, 0.15) is 5.75 Å². The van der Waals surface area contributed by atoms with Crippen molar-refractivity contribution in [3.05, 3.63) is 57.7 Å². The third-order valence-corrected chi connectivity index (χ3v) is 5.38. The van der Waals surface area contributed by atoms with E-state index < -0.39 is 16.0 Å². The Bertz CT molecular complexity index is 785. The number of halogens is 1. The maximum atomic E-state index is 12.0. The Morgan fingerprint density at radius 3 is 2.27 bits per heavy atom. The van der Waals surface area contributed by atoms with Gasteiger partial charge in [-0.1, -0.05) is 6.07 Å². The standard InChI is InChI=1S/C15H14INO4S/c1-17(2)22(19,20)14-8-6-11(7-9-14)15(18)21-13-5-3-4-12(16)10-13/h3-10H,1-2H3. The van der Waals surface area contributed by atoms with E-state index in [1.165, 1.54) is 38.4 Å². The lowest BCUT2D eigenvalue weighted by atomic mass is 10.2.